The van der Waals surface area contributed by atoms with E-state index in [1.165, 1.54) is 28.6 Å². The number of rotatable bonds is 5. The number of carbonyl (C=O) groups is 1. The highest BCUT2D eigenvalue weighted by molar-refractivity contribution is 7.89. The summed E-state index contributed by atoms with van der Waals surface area (Å²) in [6.45, 7) is 2.17. The number of amides is 1. The standard InChI is InChI=1S/C14H21N3O5S2/c1-2-23(19,20)17-9-3-4-11(10-17)14(18)16-12-5-7-13(8-6-12)24(15,21)22/h5-8,11H,2-4,9-10H2,1H3,(H,16,18)(H2,15,21,22)/t11-/m0/s1. The SMILES string of the molecule is CCS(=O)(=O)N1CCC[C@H](C(=O)Nc2ccc(S(N)(=O)=O)cc2)C1. The zero-order valence-electron chi connectivity index (χ0n) is 13.3. The van der Waals surface area contributed by atoms with Gasteiger partial charge >= 0.3 is 0 Å². The third-order valence-electron chi connectivity index (χ3n) is 3.96. The van der Waals surface area contributed by atoms with Gasteiger partial charge in [0, 0.05) is 18.8 Å². The number of hydrogen-bond acceptors (Lipinski definition) is 5. The predicted octanol–water partition coefficient (Wildman–Crippen LogP) is 0.334. The van der Waals surface area contributed by atoms with E-state index in [0.29, 0.717) is 25.1 Å². The highest BCUT2D eigenvalue weighted by Gasteiger charge is 2.31. The van der Waals surface area contributed by atoms with Crippen LogP contribution in [0.3, 0.4) is 0 Å². The second kappa shape index (κ2) is 7.18. The van der Waals surface area contributed by atoms with E-state index in [0.717, 1.165) is 0 Å². The number of anilines is 1. The molecule has 1 heterocycles. The van der Waals surface area contributed by atoms with Crippen molar-refractivity contribution in [2.24, 2.45) is 11.1 Å². The Morgan fingerprint density at radius 1 is 1.25 bits per heavy atom. The van der Waals surface area contributed by atoms with Crippen LogP contribution in [-0.4, -0.2) is 45.9 Å². The van der Waals surface area contributed by atoms with Crippen molar-refractivity contribution in [2.75, 3.05) is 24.2 Å². The molecule has 0 saturated carbocycles. The van der Waals surface area contributed by atoms with Crippen molar-refractivity contribution in [3.8, 4) is 0 Å². The van der Waals surface area contributed by atoms with E-state index in [1.54, 1.807) is 6.92 Å². The second-order valence-corrected chi connectivity index (χ2v) is 9.48. The fourth-order valence-electron chi connectivity index (χ4n) is 2.56. The van der Waals surface area contributed by atoms with Gasteiger partial charge in [0.1, 0.15) is 0 Å². The largest absolute Gasteiger partial charge is 0.326 e. The number of piperidine rings is 1. The molecule has 0 spiro atoms. The van der Waals surface area contributed by atoms with Crippen molar-refractivity contribution >= 4 is 31.6 Å². The average Bonchev–Trinajstić information content (AvgIpc) is 2.54. The maximum Gasteiger partial charge on any atom is 0.238 e. The first kappa shape index (κ1) is 18.8. The lowest BCUT2D eigenvalue weighted by Gasteiger charge is -2.30. The number of nitrogens with two attached hydrogens (primary N) is 1. The van der Waals surface area contributed by atoms with Crippen LogP contribution in [0.5, 0.6) is 0 Å². The normalized spacial score (nSPS) is 19.8. The summed E-state index contributed by atoms with van der Waals surface area (Å²) in [5.74, 6) is -0.705. The summed E-state index contributed by atoms with van der Waals surface area (Å²) in [6.07, 6.45) is 1.23. The van der Waals surface area contributed by atoms with E-state index in [1.807, 2.05) is 0 Å². The Balaban J connectivity index is 2.04. The molecule has 1 fully saturated rings. The van der Waals surface area contributed by atoms with Gasteiger partial charge in [0.25, 0.3) is 0 Å². The summed E-state index contributed by atoms with van der Waals surface area (Å²) in [5, 5.41) is 7.70. The molecule has 1 aliphatic rings. The molecule has 10 heteroatoms. The van der Waals surface area contributed by atoms with Crippen LogP contribution in [-0.2, 0) is 24.8 Å². The summed E-state index contributed by atoms with van der Waals surface area (Å²) in [7, 11) is -7.09. The van der Waals surface area contributed by atoms with E-state index in [-0.39, 0.29) is 23.1 Å². The Kier molecular flexibility index (Phi) is 5.63. The van der Waals surface area contributed by atoms with Gasteiger partial charge in [0.15, 0.2) is 0 Å². The van der Waals surface area contributed by atoms with Crippen molar-refractivity contribution in [1.82, 2.24) is 4.31 Å². The summed E-state index contributed by atoms with van der Waals surface area (Å²) in [6, 6.07) is 5.50. The fourth-order valence-corrected chi connectivity index (χ4v) is 4.26. The molecule has 1 aromatic rings. The molecule has 1 aliphatic heterocycles. The van der Waals surface area contributed by atoms with Crippen LogP contribution >= 0.6 is 0 Å². The lowest BCUT2D eigenvalue weighted by atomic mass is 9.99. The molecule has 0 radical (unpaired) electrons. The smallest absolute Gasteiger partial charge is 0.238 e. The van der Waals surface area contributed by atoms with Gasteiger partial charge in [0.05, 0.1) is 16.6 Å². The average molecular weight is 375 g/mol. The van der Waals surface area contributed by atoms with Gasteiger partial charge in [0.2, 0.25) is 26.0 Å². The molecule has 0 aromatic heterocycles. The zero-order chi connectivity index (χ0) is 18.0. The fraction of sp³-hybridized carbons (Fsp3) is 0.500. The Bertz CT molecular complexity index is 803. The van der Waals surface area contributed by atoms with Crippen molar-refractivity contribution in [3.63, 3.8) is 0 Å². The minimum absolute atomic E-state index is 0.0103. The van der Waals surface area contributed by atoms with E-state index in [9.17, 15) is 21.6 Å². The highest BCUT2D eigenvalue weighted by Crippen LogP contribution is 2.21. The van der Waals surface area contributed by atoms with Gasteiger partial charge in [-0.2, -0.15) is 0 Å². The summed E-state index contributed by atoms with van der Waals surface area (Å²) in [4.78, 5) is 12.3. The lowest BCUT2D eigenvalue weighted by molar-refractivity contribution is -0.120. The predicted molar refractivity (Wildman–Crippen MR) is 90.2 cm³/mol. The van der Waals surface area contributed by atoms with Gasteiger partial charge < -0.3 is 5.32 Å². The van der Waals surface area contributed by atoms with Crippen LogP contribution in [0.4, 0.5) is 5.69 Å². The highest BCUT2D eigenvalue weighted by atomic mass is 32.2. The Labute approximate surface area is 142 Å². The Morgan fingerprint density at radius 2 is 1.88 bits per heavy atom. The molecule has 2 rings (SSSR count). The number of nitrogens with zero attached hydrogens (tertiary/aromatic N) is 1. The molecule has 1 saturated heterocycles. The zero-order valence-corrected chi connectivity index (χ0v) is 14.9. The second-order valence-electron chi connectivity index (χ2n) is 5.66. The van der Waals surface area contributed by atoms with Gasteiger partial charge in [-0.05, 0) is 44.0 Å². The molecule has 3 N–H and O–H groups in total. The quantitative estimate of drug-likeness (QED) is 0.767. The monoisotopic (exact) mass is 375 g/mol. The third kappa shape index (κ3) is 4.53. The Hall–Kier alpha value is -1.49. The molecular weight excluding hydrogens is 354 g/mol. The number of primary sulfonamides is 1. The van der Waals surface area contributed by atoms with Crippen molar-refractivity contribution < 1.29 is 21.6 Å². The lowest BCUT2D eigenvalue weighted by Crippen LogP contribution is -2.44. The molecular formula is C14H21N3O5S2. The topological polar surface area (TPSA) is 127 Å². The maximum absolute atomic E-state index is 12.3. The van der Waals surface area contributed by atoms with Gasteiger partial charge in [-0.1, -0.05) is 0 Å². The Morgan fingerprint density at radius 3 is 2.42 bits per heavy atom. The molecule has 1 amide bonds. The van der Waals surface area contributed by atoms with E-state index in [4.69, 9.17) is 5.14 Å². The molecule has 1 atom stereocenters. The maximum atomic E-state index is 12.3. The summed E-state index contributed by atoms with van der Waals surface area (Å²) >= 11 is 0. The number of sulfonamides is 2. The molecule has 0 unspecified atom stereocenters. The molecule has 0 aliphatic carbocycles. The molecule has 0 bridgehead atoms. The minimum atomic E-state index is -3.78. The first-order chi connectivity index (χ1) is 11.1. The third-order valence-corrected chi connectivity index (χ3v) is 6.74. The van der Waals surface area contributed by atoms with Gasteiger partial charge in [-0.3, -0.25) is 4.79 Å². The first-order valence-corrected chi connectivity index (χ1v) is 10.7. The van der Waals surface area contributed by atoms with Crippen LogP contribution in [0.25, 0.3) is 0 Å². The van der Waals surface area contributed by atoms with Crippen molar-refractivity contribution in [1.29, 1.82) is 0 Å². The minimum Gasteiger partial charge on any atom is -0.326 e. The molecule has 8 nitrogen and oxygen atoms in total. The summed E-state index contributed by atoms with van der Waals surface area (Å²) in [5.41, 5.74) is 0.433. The van der Waals surface area contributed by atoms with Crippen LogP contribution in [0.2, 0.25) is 0 Å². The molecule has 1 aromatic carbocycles. The number of hydrogen-bond donors (Lipinski definition) is 2. The van der Waals surface area contributed by atoms with E-state index in [2.05, 4.69) is 5.32 Å². The molecule has 24 heavy (non-hydrogen) atoms. The van der Waals surface area contributed by atoms with Gasteiger partial charge in [-0.15, -0.1) is 0 Å². The van der Waals surface area contributed by atoms with Crippen molar-refractivity contribution in [3.05, 3.63) is 24.3 Å². The van der Waals surface area contributed by atoms with Crippen molar-refractivity contribution in [2.45, 2.75) is 24.7 Å². The van der Waals surface area contributed by atoms with Crippen LogP contribution in [0, 0.1) is 5.92 Å². The van der Waals surface area contributed by atoms with Crippen LogP contribution in [0.15, 0.2) is 29.2 Å². The van der Waals surface area contributed by atoms with E-state index >= 15 is 0 Å². The van der Waals surface area contributed by atoms with Crippen LogP contribution in [0.1, 0.15) is 19.8 Å². The van der Waals surface area contributed by atoms with Crippen LogP contribution < -0.4 is 10.5 Å². The number of benzene rings is 1. The number of carbonyl (C=O) groups excluding carboxylic acids is 1. The summed E-state index contributed by atoms with van der Waals surface area (Å²) < 4.78 is 47.6. The van der Waals surface area contributed by atoms with E-state index < -0.39 is 26.0 Å². The number of nitrogens with one attached hydrogen (secondary N) is 1. The first-order valence-electron chi connectivity index (χ1n) is 7.55. The molecule has 134 valence electrons. The van der Waals surface area contributed by atoms with Gasteiger partial charge in [-0.25, -0.2) is 26.3 Å².